The molecule has 7 heteroatoms. The fourth-order valence-electron chi connectivity index (χ4n) is 2.09. The molecule has 0 bridgehead atoms. The molecule has 1 saturated heterocycles. The van der Waals surface area contributed by atoms with E-state index < -0.39 is 11.2 Å². The molecule has 1 aromatic rings. The minimum Gasteiger partial charge on any atom is -0.444 e. The van der Waals surface area contributed by atoms with Gasteiger partial charge in [-0.25, -0.2) is 9.48 Å². The fourth-order valence-corrected chi connectivity index (χ4v) is 2.09. The highest BCUT2D eigenvalue weighted by atomic mass is 16.6. The predicted molar refractivity (Wildman–Crippen MR) is 67.4 cm³/mol. The van der Waals surface area contributed by atoms with E-state index in [1.807, 2.05) is 20.8 Å². The number of β-amino-alcohol motifs (C(OH)–C–C–N with tert-alkyl or cyclic N) is 1. The predicted octanol–water partition coefficient (Wildman–Crippen LogP) is 0.650. The number of nitrogens with zero attached hydrogens (tertiary/aromatic N) is 4. The Kier molecular flexibility index (Phi) is 3.49. The van der Waals surface area contributed by atoms with Crippen molar-refractivity contribution in [2.45, 2.75) is 44.9 Å². The van der Waals surface area contributed by atoms with E-state index in [2.05, 4.69) is 10.3 Å². The van der Waals surface area contributed by atoms with Crippen molar-refractivity contribution in [3.8, 4) is 0 Å². The fraction of sp³-hybridized carbons (Fsp3) is 0.750. The summed E-state index contributed by atoms with van der Waals surface area (Å²) in [7, 11) is 0. The first-order valence-electron chi connectivity index (χ1n) is 6.32. The second kappa shape index (κ2) is 4.80. The Morgan fingerprint density at radius 3 is 2.84 bits per heavy atom. The van der Waals surface area contributed by atoms with Crippen LogP contribution in [-0.2, 0) is 11.3 Å². The molecular formula is C12H20N4O3. The van der Waals surface area contributed by atoms with Crippen LogP contribution in [-0.4, -0.2) is 55.4 Å². The van der Waals surface area contributed by atoms with Crippen molar-refractivity contribution < 1.29 is 14.6 Å². The van der Waals surface area contributed by atoms with Gasteiger partial charge in [-0.05, 0) is 27.2 Å². The van der Waals surface area contributed by atoms with E-state index in [1.165, 1.54) is 4.90 Å². The number of aliphatic hydroxyl groups is 1. The summed E-state index contributed by atoms with van der Waals surface area (Å²) < 4.78 is 6.86. The third-order valence-electron chi connectivity index (χ3n) is 2.91. The zero-order chi connectivity index (χ0) is 14.1. The summed E-state index contributed by atoms with van der Waals surface area (Å²) in [5.74, 6) is 0. The summed E-state index contributed by atoms with van der Waals surface area (Å²) in [4.78, 5) is 13.4. The van der Waals surface area contributed by atoms with Crippen molar-refractivity contribution in [2.75, 3.05) is 13.1 Å². The maximum atomic E-state index is 11.9. The Balaban J connectivity index is 1.93. The molecule has 0 aliphatic carbocycles. The van der Waals surface area contributed by atoms with Crippen LogP contribution in [0.2, 0.25) is 0 Å². The standard InChI is InChI=1S/C12H20N4O3/c1-11(2,3)19-10(17)15-6-4-12(18,8-15)9-16-7-5-13-14-16/h5,7,18H,4,6,8-9H2,1-3H3. The lowest BCUT2D eigenvalue weighted by Crippen LogP contribution is -2.41. The van der Waals surface area contributed by atoms with E-state index in [1.54, 1.807) is 17.1 Å². The Bertz CT molecular complexity index is 440. The molecule has 19 heavy (non-hydrogen) atoms. The maximum absolute atomic E-state index is 11.9. The molecule has 1 amide bonds. The molecule has 1 aliphatic rings. The van der Waals surface area contributed by atoms with Gasteiger partial charge in [0.1, 0.15) is 11.2 Å². The Morgan fingerprint density at radius 1 is 1.53 bits per heavy atom. The molecule has 2 rings (SSSR count). The van der Waals surface area contributed by atoms with Crippen molar-refractivity contribution >= 4 is 6.09 Å². The molecule has 1 N–H and O–H groups in total. The second-order valence-corrected chi connectivity index (χ2v) is 5.98. The molecule has 1 aliphatic heterocycles. The zero-order valence-corrected chi connectivity index (χ0v) is 11.5. The first-order valence-corrected chi connectivity index (χ1v) is 6.32. The lowest BCUT2D eigenvalue weighted by molar-refractivity contribution is 0.00778. The molecule has 7 nitrogen and oxygen atoms in total. The largest absolute Gasteiger partial charge is 0.444 e. The minimum absolute atomic E-state index is 0.252. The summed E-state index contributed by atoms with van der Waals surface area (Å²) in [6.45, 7) is 6.53. The topological polar surface area (TPSA) is 80.5 Å². The molecule has 0 spiro atoms. The highest BCUT2D eigenvalue weighted by molar-refractivity contribution is 5.68. The molecule has 1 fully saturated rings. The monoisotopic (exact) mass is 268 g/mol. The SMILES string of the molecule is CC(C)(C)OC(=O)N1CCC(O)(Cn2ccnn2)C1. The van der Waals surface area contributed by atoms with Crippen LogP contribution in [0, 0.1) is 0 Å². The number of carbonyl (C=O) groups is 1. The number of carbonyl (C=O) groups excluding carboxylic acids is 1. The highest BCUT2D eigenvalue weighted by Gasteiger charge is 2.40. The van der Waals surface area contributed by atoms with Crippen LogP contribution in [0.3, 0.4) is 0 Å². The van der Waals surface area contributed by atoms with Gasteiger partial charge in [0.05, 0.1) is 19.3 Å². The molecule has 0 aromatic carbocycles. The van der Waals surface area contributed by atoms with E-state index in [0.717, 1.165) is 0 Å². The third-order valence-corrected chi connectivity index (χ3v) is 2.91. The summed E-state index contributed by atoms with van der Waals surface area (Å²) in [6, 6.07) is 0. The van der Waals surface area contributed by atoms with Crippen LogP contribution in [0.25, 0.3) is 0 Å². The van der Waals surface area contributed by atoms with E-state index >= 15 is 0 Å². The Labute approximate surface area is 112 Å². The number of ether oxygens (including phenoxy) is 1. The smallest absolute Gasteiger partial charge is 0.410 e. The zero-order valence-electron chi connectivity index (χ0n) is 11.5. The van der Waals surface area contributed by atoms with Crippen molar-refractivity contribution in [1.82, 2.24) is 19.9 Å². The van der Waals surface area contributed by atoms with Gasteiger partial charge in [-0.3, -0.25) is 0 Å². The average molecular weight is 268 g/mol. The number of amides is 1. The molecule has 1 unspecified atom stereocenters. The van der Waals surface area contributed by atoms with Gasteiger partial charge in [0.2, 0.25) is 0 Å². The lowest BCUT2D eigenvalue weighted by Gasteiger charge is -2.26. The number of rotatable bonds is 2. The van der Waals surface area contributed by atoms with Gasteiger partial charge < -0.3 is 14.7 Å². The van der Waals surface area contributed by atoms with Gasteiger partial charge in [-0.1, -0.05) is 5.21 Å². The quantitative estimate of drug-likeness (QED) is 0.851. The van der Waals surface area contributed by atoms with Crippen molar-refractivity contribution in [3.63, 3.8) is 0 Å². The number of hydrogen-bond donors (Lipinski definition) is 1. The van der Waals surface area contributed by atoms with Crippen molar-refractivity contribution in [3.05, 3.63) is 12.4 Å². The summed E-state index contributed by atoms with van der Waals surface area (Å²) in [5.41, 5.74) is -1.49. The Hall–Kier alpha value is -1.63. The van der Waals surface area contributed by atoms with Crippen LogP contribution in [0.5, 0.6) is 0 Å². The highest BCUT2D eigenvalue weighted by Crippen LogP contribution is 2.24. The van der Waals surface area contributed by atoms with E-state index in [-0.39, 0.29) is 12.6 Å². The van der Waals surface area contributed by atoms with Gasteiger partial charge in [0.15, 0.2) is 0 Å². The summed E-state index contributed by atoms with van der Waals surface area (Å²) in [6.07, 6.45) is 3.37. The molecular weight excluding hydrogens is 248 g/mol. The van der Waals surface area contributed by atoms with Crippen LogP contribution in [0.1, 0.15) is 27.2 Å². The van der Waals surface area contributed by atoms with Gasteiger partial charge in [0, 0.05) is 12.7 Å². The normalized spacial score (nSPS) is 23.7. The van der Waals surface area contributed by atoms with Crippen LogP contribution < -0.4 is 0 Å². The molecule has 0 radical (unpaired) electrons. The van der Waals surface area contributed by atoms with Crippen LogP contribution in [0.4, 0.5) is 4.79 Å². The van der Waals surface area contributed by atoms with E-state index in [0.29, 0.717) is 19.5 Å². The lowest BCUT2D eigenvalue weighted by atomic mass is 10.0. The number of likely N-dealkylation sites (tertiary alicyclic amines) is 1. The van der Waals surface area contributed by atoms with Gasteiger partial charge >= 0.3 is 6.09 Å². The maximum Gasteiger partial charge on any atom is 0.410 e. The van der Waals surface area contributed by atoms with Gasteiger partial charge in [-0.15, -0.1) is 5.10 Å². The Morgan fingerprint density at radius 2 is 2.26 bits per heavy atom. The summed E-state index contributed by atoms with van der Waals surface area (Å²) in [5, 5.41) is 18.0. The van der Waals surface area contributed by atoms with Gasteiger partial charge in [0.25, 0.3) is 0 Å². The van der Waals surface area contributed by atoms with Crippen molar-refractivity contribution in [1.29, 1.82) is 0 Å². The molecule has 1 aromatic heterocycles. The van der Waals surface area contributed by atoms with Gasteiger partial charge in [-0.2, -0.15) is 0 Å². The molecule has 1 atom stereocenters. The average Bonchev–Trinajstić information content (AvgIpc) is 2.86. The van der Waals surface area contributed by atoms with E-state index in [9.17, 15) is 9.90 Å². The third kappa shape index (κ3) is 3.66. The van der Waals surface area contributed by atoms with E-state index in [4.69, 9.17) is 4.74 Å². The number of aromatic nitrogens is 3. The summed E-state index contributed by atoms with van der Waals surface area (Å²) >= 11 is 0. The van der Waals surface area contributed by atoms with Crippen molar-refractivity contribution in [2.24, 2.45) is 0 Å². The second-order valence-electron chi connectivity index (χ2n) is 5.98. The minimum atomic E-state index is -0.968. The van der Waals surface area contributed by atoms with Crippen LogP contribution in [0.15, 0.2) is 12.4 Å². The molecule has 106 valence electrons. The first kappa shape index (κ1) is 13.8. The number of hydrogen-bond acceptors (Lipinski definition) is 5. The first-order chi connectivity index (χ1) is 8.77. The van der Waals surface area contributed by atoms with Crippen LogP contribution >= 0.6 is 0 Å². The molecule has 2 heterocycles. The molecule has 0 saturated carbocycles.